The summed E-state index contributed by atoms with van der Waals surface area (Å²) in [5.74, 6) is 0. The third-order valence-electron chi connectivity index (χ3n) is 3.59. The number of hydrogen-bond donors (Lipinski definition) is 1. The minimum Gasteiger partial charge on any atom is -0.340 e. The van der Waals surface area contributed by atoms with Crippen LogP contribution in [-0.4, -0.2) is 4.57 Å². The molecule has 2 nitrogen and oxygen atoms in total. The number of hydrogen-bond acceptors (Lipinski definition) is 1. The lowest BCUT2D eigenvalue weighted by Crippen LogP contribution is -2.03. The standard InChI is InChI=1S/C17H18N2/c1-13-9-16-7-2-3-8-17(16)19(13)12-15-6-4-5-14(10-15)11-18/h2-10H,11-12,18H2,1H3. The van der Waals surface area contributed by atoms with Gasteiger partial charge < -0.3 is 10.3 Å². The number of para-hydroxylation sites is 1. The first-order valence-electron chi connectivity index (χ1n) is 6.60. The Morgan fingerprint density at radius 3 is 2.58 bits per heavy atom. The van der Waals surface area contributed by atoms with Crippen molar-refractivity contribution in [1.29, 1.82) is 0 Å². The minimum absolute atomic E-state index is 0.596. The van der Waals surface area contributed by atoms with Crippen LogP contribution in [0.5, 0.6) is 0 Å². The molecule has 0 saturated heterocycles. The molecule has 0 aliphatic rings. The van der Waals surface area contributed by atoms with Crippen molar-refractivity contribution in [2.45, 2.75) is 20.0 Å². The Morgan fingerprint density at radius 1 is 0.947 bits per heavy atom. The van der Waals surface area contributed by atoms with Crippen LogP contribution in [0.1, 0.15) is 16.8 Å². The van der Waals surface area contributed by atoms with E-state index >= 15 is 0 Å². The Kier molecular flexibility index (Phi) is 3.10. The molecule has 0 amide bonds. The molecule has 2 heteroatoms. The van der Waals surface area contributed by atoms with E-state index in [4.69, 9.17) is 5.73 Å². The van der Waals surface area contributed by atoms with Gasteiger partial charge in [0, 0.05) is 24.3 Å². The van der Waals surface area contributed by atoms with E-state index in [1.54, 1.807) is 0 Å². The zero-order chi connectivity index (χ0) is 13.2. The lowest BCUT2D eigenvalue weighted by atomic mass is 10.1. The summed E-state index contributed by atoms with van der Waals surface area (Å²) in [6.45, 7) is 3.65. The molecule has 0 unspecified atom stereocenters. The quantitative estimate of drug-likeness (QED) is 0.758. The molecule has 0 radical (unpaired) electrons. The van der Waals surface area contributed by atoms with E-state index in [0.717, 1.165) is 6.54 Å². The predicted molar refractivity (Wildman–Crippen MR) is 80.1 cm³/mol. The number of rotatable bonds is 3. The van der Waals surface area contributed by atoms with Crippen molar-refractivity contribution in [3.05, 3.63) is 71.4 Å². The molecule has 0 aliphatic heterocycles. The second-order valence-corrected chi connectivity index (χ2v) is 4.95. The van der Waals surface area contributed by atoms with E-state index in [9.17, 15) is 0 Å². The molecule has 2 N–H and O–H groups in total. The Morgan fingerprint density at radius 2 is 1.74 bits per heavy atom. The second-order valence-electron chi connectivity index (χ2n) is 4.95. The van der Waals surface area contributed by atoms with Crippen LogP contribution < -0.4 is 5.73 Å². The molecule has 19 heavy (non-hydrogen) atoms. The van der Waals surface area contributed by atoms with Gasteiger partial charge >= 0.3 is 0 Å². The number of aryl methyl sites for hydroxylation is 1. The highest BCUT2D eigenvalue weighted by atomic mass is 15.0. The van der Waals surface area contributed by atoms with Crippen LogP contribution in [0.4, 0.5) is 0 Å². The first-order chi connectivity index (χ1) is 9.28. The van der Waals surface area contributed by atoms with Gasteiger partial charge in [0.25, 0.3) is 0 Å². The van der Waals surface area contributed by atoms with E-state index in [0.29, 0.717) is 6.54 Å². The van der Waals surface area contributed by atoms with Crippen LogP contribution in [0.15, 0.2) is 54.6 Å². The van der Waals surface area contributed by atoms with Crippen LogP contribution in [0.25, 0.3) is 10.9 Å². The van der Waals surface area contributed by atoms with E-state index in [1.165, 1.54) is 27.7 Å². The summed E-state index contributed by atoms with van der Waals surface area (Å²) >= 11 is 0. The number of nitrogens with two attached hydrogens (primary N) is 1. The lowest BCUT2D eigenvalue weighted by Gasteiger charge is -2.09. The summed E-state index contributed by atoms with van der Waals surface area (Å²) in [5.41, 5.74) is 10.8. The molecule has 1 heterocycles. The summed E-state index contributed by atoms with van der Waals surface area (Å²) in [4.78, 5) is 0. The highest BCUT2D eigenvalue weighted by molar-refractivity contribution is 5.81. The van der Waals surface area contributed by atoms with Gasteiger partial charge in [-0.25, -0.2) is 0 Å². The monoisotopic (exact) mass is 250 g/mol. The molecule has 0 spiro atoms. The van der Waals surface area contributed by atoms with Crippen molar-refractivity contribution in [3.63, 3.8) is 0 Å². The highest BCUT2D eigenvalue weighted by Gasteiger charge is 2.05. The van der Waals surface area contributed by atoms with Gasteiger partial charge in [-0.15, -0.1) is 0 Å². The largest absolute Gasteiger partial charge is 0.340 e. The molecule has 0 aliphatic carbocycles. The van der Waals surface area contributed by atoms with Crippen molar-refractivity contribution < 1.29 is 0 Å². The maximum Gasteiger partial charge on any atom is 0.0485 e. The van der Waals surface area contributed by atoms with Gasteiger partial charge in [-0.3, -0.25) is 0 Å². The Labute approximate surface area is 113 Å². The third-order valence-corrected chi connectivity index (χ3v) is 3.59. The first kappa shape index (κ1) is 12.0. The van der Waals surface area contributed by atoms with Crippen molar-refractivity contribution in [1.82, 2.24) is 4.57 Å². The Bertz CT molecular complexity index is 710. The van der Waals surface area contributed by atoms with E-state index < -0.39 is 0 Å². The second kappa shape index (κ2) is 4.90. The van der Waals surface area contributed by atoms with Gasteiger partial charge in [0.15, 0.2) is 0 Å². The molecule has 0 bridgehead atoms. The zero-order valence-corrected chi connectivity index (χ0v) is 11.1. The zero-order valence-electron chi connectivity index (χ0n) is 11.1. The number of fused-ring (bicyclic) bond motifs is 1. The van der Waals surface area contributed by atoms with E-state index in [1.807, 2.05) is 0 Å². The molecular formula is C17H18N2. The molecule has 0 atom stereocenters. The topological polar surface area (TPSA) is 30.9 Å². The normalized spacial score (nSPS) is 11.1. The summed E-state index contributed by atoms with van der Waals surface area (Å²) in [6.07, 6.45) is 0. The maximum absolute atomic E-state index is 5.71. The number of benzene rings is 2. The minimum atomic E-state index is 0.596. The molecule has 1 aromatic heterocycles. The molecule has 3 aromatic rings. The summed E-state index contributed by atoms with van der Waals surface area (Å²) in [7, 11) is 0. The van der Waals surface area contributed by atoms with Crippen LogP contribution in [-0.2, 0) is 13.1 Å². The van der Waals surface area contributed by atoms with Gasteiger partial charge in [0.1, 0.15) is 0 Å². The van der Waals surface area contributed by atoms with Crippen LogP contribution in [0.3, 0.4) is 0 Å². The van der Waals surface area contributed by atoms with Crippen LogP contribution in [0.2, 0.25) is 0 Å². The van der Waals surface area contributed by atoms with E-state index in [-0.39, 0.29) is 0 Å². The fourth-order valence-electron chi connectivity index (χ4n) is 2.60. The number of aromatic nitrogens is 1. The average Bonchev–Trinajstić information content (AvgIpc) is 2.76. The molecule has 3 rings (SSSR count). The van der Waals surface area contributed by atoms with Gasteiger partial charge in [-0.05, 0) is 35.6 Å². The Hall–Kier alpha value is -2.06. The molecule has 2 aromatic carbocycles. The first-order valence-corrected chi connectivity index (χ1v) is 6.60. The summed E-state index contributed by atoms with van der Waals surface area (Å²) < 4.78 is 2.35. The SMILES string of the molecule is Cc1cc2ccccc2n1Cc1cccc(CN)c1. The van der Waals surface area contributed by atoms with Gasteiger partial charge in [-0.1, -0.05) is 42.5 Å². The van der Waals surface area contributed by atoms with Crippen molar-refractivity contribution in [3.8, 4) is 0 Å². The van der Waals surface area contributed by atoms with E-state index in [2.05, 4.69) is 66.1 Å². The molecule has 96 valence electrons. The average molecular weight is 250 g/mol. The molecular weight excluding hydrogens is 232 g/mol. The van der Waals surface area contributed by atoms with Crippen molar-refractivity contribution in [2.24, 2.45) is 5.73 Å². The predicted octanol–water partition coefficient (Wildman–Crippen LogP) is 3.46. The molecule has 0 saturated carbocycles. The van der Waals surface area contributed by atoms with Crippen molar-refractivity contribution >= 4 is 10.9 Å². The maximum atomic E-state index is 5.71. The lowest BCUT2D eigenvalue weighted by molar-refractivity contribution is 0.803. The Balaban J connectivity index is 2.02. The van der Waals surface area contributed by atoms with Crippen molar-refractivity contribution in [2.75, 3.05) is 0 Å². The highest BCUT2D eigenvalue weighted by Crippen LogP contribution is 2.20. The van der Waals surface area contributed by atoms with Gasteiger partial charge in [0.05, 0.1) is 0 Å². The summed E-state index contributed by atoms with van der Waals surface area (Å²) in [5, 5.41) is 1.30. The van der Waals surface area contributed by atoms with Crippen LogP contribution in [0, 0.1) is 6.92 Å². The fourth-order valence-corrected chi connectivity index (χ4v) is 2.60. The van der Waals surface area contributed by atoms with Crippen LogP contribution >= 0.6 is 0 Å². The summed E-state index contributed by atoms with van der Waals surface area (Å²) in [6, 6.07) is 19.3. The number of nitrogens with zero attached hydrogens (tertiary/aromatic N) is 1. The third kappa shape index (κ3) is 2.27. The van der Waals surface area contributed by atoms with Gasteiger partial charge in [-0.2, -0.15) is 0 Å². The smallest absolute Gasteiger partial charge is 0.0485 e. The fraction of sp³-hybridized carbons (Fsp3) is 0.176. The van der Waals surface area contributed by atoms with Gasteiger partial charge in [0.2, 0.25) is 0 Å². The molecule has 0 fully saturated rings.